The van der Waals surface area contributed by atoms with Crippen LogP contribution in [0.3, 0.4) is 0 Å². The number of hydrogen-bond donors (Lipinski definition) is 0. The third-order valence-corrected chi connectivity index (χ3v) is 8.54. The standard InChI is InChI=1S/C13H22O4Si/c1-13(2,3)18(4,5)15-8-11-10-7-6-9(14)12(16-10)17-11/h6-7,10-12H,8H2,1-5H3/t10-,11-,12+/m1/s1. The highest BCUT2D eigenvalue weighted by molar-refractivity contribution is 6.74. The largest absolute Gasteiger partial charge is 0.414 e. The van der Waals surface area contributed by atoms with E-state index >= 15 is 0 Å². The lowest BCUT2D eigenvalue weighted by atomic mass is 10.2. The third kappa shape index (κ3) is 2.59. The van der Waals surface area contributed by atoms with Crippen molar-refractivity contribution in [3.63, 3.8) is 0 Å². The molecule has 0 amide bonds. The summed E-state index contributed by atoms with van der Waals surface area (Å²) >= 11 is 0. The van der Waals surface area contributed by atoms with Crippen LogP contribution in [0.15, 0.2) is 12.2 Å². The Morgan fingerprint density at radius 1 is 1.33 bits per heavy atom. The molecule has 102 valence electrons. The first-order valence-corrected chi connectivity index (χ1v) is 9.28. The first-order valence-electron chi connectivity index (χ1n) is 6.38. The zero-order valence-corrected chi connectivity index (χ0v) is 12.7. The highest BCUT2D eigenvalue weighted by atomic mass is 28.4. The Bertz CT molecular complexity index is 370. The lowest BCUT2D eigenvalue weighted by molar-refractivity contribution is -0.144. The van der Waals surface area contributed by atoms with Crippen molar-refractivity contribution in [1.29, 1.82) is 0 Å². The van der Waals surface area contributed by atoms with Gasteiger partial charge in [-0.15, -0.1) is 0 Å². The van der Waals surface area contributed by atoms with Crippen molar-refractivity contribution in [3.05, 3.63) is 12.2 Å². The van der Waals surface area contributed by atoms with Crippen molar-refractivity contribution in [3.8, 4) is 0 Å². The van der Waals surface area contributed by atoms with E-state index in [9.17, 15) is 4.79 Å². The van der Waals surface area contributed by atoms with E-state index in [0.29, 0.717) is 6.61 Å². The van der Waals surface area contributed by atoms with Gasteiger partial charge in [0.05, 0.1) is 6.61 Å². The summed E-state index contributed by atoms with van der Waals surface area (Å²) in [6.07, 6.45) is 2.30. The number of carbonyl (C=O) groups excluding carboxylic acids is 1. The van der Waals surface area contributed by atoms with Gasteiger partial charge in [0.15, 0.2) is 8.32 Å². The number of rotatable bonds is 3. The second kappa shape index (κ2) is 4.56. The smallest absolute Gasteiger partial charge is 0.223 e. The number of hydrogen-bond acceptors (Lipinski definition) is 4. The molecule has 2 heterocycles. The summed E-state index contributed by atoms with van der Waals surface area (Å²) in [7, 11) is -1.78. The molecule has 3 atom stereocenters. The lowest BCUT2D eigenvalue weighted by Crippen LogP contribution is -2.43. The van der Waals surface area contributed by atoms with Crippen molar-refractivity contribution in [1.82, 2.24) is 0 Å². The minimum absolute atomic E-state index is 0.110. The summed E-state index contributed by atoms with van der Waals surface area (Å²) in [4.78, 5) is 11.4. The molecule has 0 saturated carbocycles. The predicted molar refractivity (Wildman–Crippen MR) is 70.8 cm³/mol. The van der Waals surface area contributed by atoms with Crippen LogP contribution in [0.2, 0.25) is 18.1 Å². The molecule has 2 aliphatic heterocycles. The zero-order chi connectivity index (χ0) is 13.6. The summed E-state index contributed by atoms with van der Waals surface area (Å²) in [5, 5.41) is 0.174. The summed E-state index contributed by atoms with van der Waals surface area (Å²) in [6.45, 7) is 11.5. The molecule has 0 spiro atoms. The molecule has 18 heavy (non-hydrogen) atoms. The van der Waals surface area contributed by atoms with Crippen molar-refractivity contribution in [2.45, 2.75) is 57.4 Å². The van der Waals surface area contributed by atoms with E-state index < -0.39 is 14.6 Å². The molecule has 0 aromatic rings. The molecular weight excluding hydrogens is 248 g/mol. The van der Waals surface area contributed by atoms with Crippen molar-refractivity contribution < 1.29 is 18.7 Å². The Morgan fingerprint density at radius 2 is 2.00 bits per heavy atom. The summed E-state index contributed by atoms with van der Waals surface area (Å²) in [5.41, 5.74) is 0. The van der Waals surface area contributed by atoms with Gasteiger partial charge in [0, 0.05) is 0 Å². The van der Waals surface area contributed by atoms with Crippen LogP contribution in [0.1, 0.15) is 20.8 Å². The summed E-state index contributed by atoms with van der Waals surface area (Å²) in [6, 6.07) is 0. The van der Waals surface area contributed by atoms with Crippen molar-refractivity contribution in [2.75, 3.05) is 6.61 Å². The number of ether oxygens (including phenoxy) is 2. The minimum Gasteiger partial charge on any atom is -0.414 e. The van der Waals surface area contributed by atoms with Gasteiger partial charge in [-0.2, -0.15) is 0 Å². The summed E-state index contributed by atoms with van der Waals surface area (Å²) in [5.74, 6) is -0.110. The Labute approximate surface area is 109 Å². The SMILES string of the molecule is CC(C)(C)[Si](C)(C)OC[C@H]1O[C@@H]2O[C@@H]1C=CC2=O. The molecule has 0 N–H and O–H groups in total. The number of carbonyl (C=O) groups is 1. The second-order valence-corrected chi connectivity index (χ2v) is 11.2. The predicted octanol–water partition coefficient (Wildman–Crippen LogP) is 2.26. The first kappa shape index (κ1) is 13.9. The first-order chi connectivity index (χ1) is 8.21. The lowest BCUT2D eigenvalue weighted by Gasteiger charge is -2.37. The average Bonchev–Trinajstić information content (AvgIpc) is 2.58. The maximum Gasteiger partial charge on any atom is 0.223 e. The quantitative estimate of drug-likeness (QED) is 0.738. The van der Waals surface area contributed by atoms with Crippen LogP contribution < -0.4 is 0 Å². The molecule has 0 unspecified atom stereocenters. The van der Waals surface area contributed by atoms with Gasteiger partial charge in [0.1, 0.15) is 12.2 Å². The third-order valence-electron chi connectivity index (χ3n) is 4.04. The molecule has 0 aliphatic carbocycles. The van der Waals surface area contributed by atoms with E-state index in [-0.39, 0.29) is 23.0 Å². The fraction of sp³-hybridized carbons (Fsp3) is 0.769. The molecule has 1 fully saturated rings. The van der Waals surface area contributed by atoms with Crippen LogP contribution in [0.25, 0.3) is 0 Å². The molecule has 2 bridgehead atoms. The molecule has 4 nitrogen and oxygen atoms in total. The molecule has 0 radical (unpaired) electrons. The highest BCUT2D eigenvalue weighted by Crippen LogP contribution is 2.37. The Hall–Kier alpha value is -0.493. The average molecular weight is 270 g/mol. The molecule has 1 saturated heterocycles. The fourth-order valence-corrected chi connectivity index (χ4v) is 2.73. The molecule has 2 aliphatic rings. The molecule has 2 rings (SSSR count). The Balaban J connectivity index is 1.93. The molecular formula is C13H22O4Si. The van der Waals surface area contributed by atoms with Gasteiger partial charge in [-0.25, -0.2) is 0 Å². The Morgan fingerprint density at radius 3 is 2.56 bits per heavy atom. The van der Waals surface area contributed by atoms with Crippen LogP contribution in [0.4, 0.5) is 0 Å². The van der Waals surface area contributed by atoms with Crippen LogP contribution >= 0.6 is 0 Å². The van der Waals surface area contributed by atoms with E-state index in [0.717, 1.165) is 0 Å². The van der Waals surface area contributed by atoms with E-state index in [2.05, 4.69) is 33.9 Å². The van der Waals surface area contributed by atoms with Gasteiger partial charge in [0.2, 0.25) is 12.1 Å². The van der Waals surface area contributed by atoms with Crippen molar-refractivity contribution >= 4 is 14.1 Å². The van der Waals surface area contributed by atoms with Crippen LogP contribution in [0.5, 0.6) is 0 Å². The van der Waals surface area contributed by atoms with Gasteiger partial charge in [0.25, 0.3) is 0 Å². The van der Waals surface area contributed by atoms with Gasteiger partial charge < -0.3 is 13.9 Å². The van der Waals surface area contributed by atoms with Gasteiger partial charge in [-0.1, -0.05) is 20.8 Å². The van der Waals surface area contributed by atoms with Gasteiger partial charge in [-0.05, 0) is 30.3 Å². The van der Waals surface area contributed by atoms with E-state index in [1.807, 2.05) is 0 Å². The highest BCUT2D eigenvalue weighted by Gasteiger charge is 2.43. The normalized spacial score (nSPS) is 32.1. The Kier molecular flexibility index (Phi) is 3.53. The monoisotopic (exact) mass is 270 g/mol. The zero-order valence-electron chi connectivity index (χ0n) is 11.7. The minimum atomic E-state index is -1.78. The van der Waals surface area contributed by atoms with Crippen molar-refractivity contribution in [2.24, 2.45) is 0 Å². The summed E-state index contributed by atoms with van der Waals surface area (Å²) < 4.78 is 17.1. The van der Waals surface area contributed by atoms with Gasteiger partial charge in [-0.3, -0.25) is 4.79 Å². The van der Waals surface area contributed by atoms with E-state index in [1.54, 1.807) is 12.2 Å². The van der Waals surface area contributed by atoms with Crippen LogP contribution in [-0.2, 0) is 18.7 Å². The molecule has 5 heteroatoms. The van der Waals surface area contributed by atoms with E-state index in [4.69, 9.17) is 13.9 Å². The van der Waals surface area contributed by atoms with E-state index in [1.165, 1.54) is 0 Å². The topological polar surface area (TPSA) is 44.8 Å². The number of fused-ring (bicyclic) bond motifs is 2. The second-order valence-electron chi connectivity index (χ2n) is 6.44. The fourth-order valence-electron chi connectivity index (χ4n) is 1.71. The maximum atomic E-state index is 11.4. The number of ketones is 1. The van der Waals surface area contributed by atoms with Gasteiger partial charge >= 0.3 is 0 Å². The molecule has 0 aromatic carbocycles. The maximum absolute atomic E-state index is 11.4. The molecule has 0 aromatic heterocycles. The van der Waals surface area contributed by atoms with Crippen LogP contribution in [0, 0.1) is 0 Å². The van der Waals surface area contributed by atoms with Crippen LogP contribution in [-0.4, -0.2) is 39.2 Å².